The summed E-state index contributed by atoms with van der Waals surface area (Å²) < 4.78 is 2.18. The Hall–Kier alpha value is -2.48. The lowest BCUT2D eigenvalue weighted by molar-refractivity contribution is -0.662. The molecular weight excluding hydrogens is 246 g/mol. The highest BCUT2D eigenvalue weighted by Crippen LogP contribution is 2.13. The fraction of sp³-hybridized carbons (Fsp3) is 0.111. The van der Waals surface area contributed by atoms with E-state index in [1.807, 2.05) is 42.5 Å². The van der Waals surface area contributed by atoms with Gasteiger partial charge in [-0.15, -0.1) is 0 Å². The van der Waals surface area contributed by atoms with Gasteiger partial charge in [0, 0.05) is 28.6 Å². The predicted molar refractivity (Wildman–Crippen MR) is 79.7 cm³/mol. The van der Waals surface area contributed by atoms with Crippen LogP contribution in [0.3, 0.4) is 0 Å². The van der Waals surface area contributed by atoms with Crippen LogP contribution in [0.4, 0.5) is 0 Å². The Morgan fingerprint density at radius 2 is 1.80 bits per heavy atom. The number of aromatic nitrogens is 1. The van der Waals surface area contributed by atoms with E-state index in [2.05, 4.69) is 29.0 Å². The third kappa shape index (κ3) is 2.45. The number of pyridine rings is 1. The molecule has 3 aromatic rings. The largest absolute Gasteiger partial charge is 0.295 e. The van der Waals surface area contributed by atoms with Gasteiger partial charge in [-0.3, -0.25) is 4.79 Å². The first kappa shape index (κ1) is 12.5. The second-order valence-electron chi connectivity index (χ2n) is 4.95. The minimum Gasteiger partial charge on any atom is -0.295 e. The standard InChI is InChI=1S/C18H16NO/c1-14(20)17-10-9-16-8-5-11-19(18(16)12-17)13-15-6-3-2-4-7-15/h2-12H,13H2,1H3/q+1. The summed E-state index contributed by atoms with van der Waals surface area (Å²) in [7, 11) is 0. The Balaban J connectivity index is 2.10. The lowest BCUT2D eigenvalue weighted by atomic mass is 10.1. The molecule has 0 amide bonds. The molecule has 0 radical (unpaired) electrons. The molecular formula is C18H16NO+. The lowest BCUT2D eigenvalue weighted by Crippen LogP contribution is -2.34. The summed E-state index contributed by atoms with van der Waals surface area (Å²) in [6, 6.07) is 20.3. The minimum atomic E-state index is 0.0991. The van der Waals surface area contributed by atoms with Crippen molar-refractivity contribution in [3.05, 3.63) is 78.0 Å². The Morgan fingerprint density at radius 1 is 1.00 bits per heavy atom. The van der Waals surface area contributed by atoms with Gasteiger partial charge in [0.1, 0.15) is 0 Å². The van der Waals surface area contributed by atoms with Crippen LogP contribution in [0, 0.1) is 0 Å². The van der Waals surface area contributed by atoms with Gasteiger partial charge < -0.3 is 0 Å². The van der Waals surface area contributed by atoms with Gasteiger partial charge in [-0.25, -0.2) is 0 Å². The van der Waals surface area contributed by atoms with Crippen molar-refractivity contribution in [2.45, 2.75) is 13.5 Å². The number of hydrogen-bond donors (Lipinski definition) is 0. The molecule has 0 aliphatic rings. The summed E-state index contributed by atoms with van der Waals surface area (Å²) in [5, 5.41) is 1.15. The van der Waals surface area contributed by atoms with Crippen molar-refractivity contribution >= 4 is 16.7 Å². The van der Waals surface area contributed by atoms with Crippen LogP contribution in [0.1, 0.15) is 22.8 Å². The zero-order chi connectivity index (χ0) is 13.9. The first-order chi connectivity index (χ1) is 9.74. The SMILES string of the molecule is CC(=O)c1ccc2ccc[n+](Cc3ccccc3)c2c1. The normalized spacial score (nSPS) is 10.7. The summed E-state index contributed by atoms with van der Waals surface area (Å²) in [4.78, 5) is 11.5. The number of ketones is 1. The van der Waals surface area contributed by atoms with E-state index in [0.29, 0.717) is 0 Å². The Morgan fingerprint density at radius 3 is 2.55 bits per heavy atom. The fourth-order valence-electron chi connectivity index (χ4n) is 2.40. The van der Waals surface area contributed by atoms with E-state index in [1.54, 1.807) is 6.92 Å². The third-order valence-electron chi connectivity index (χ3n) is 3.48. The van der Waals surface area contributed by atoms with E-state index in [1.165, 1.54) is 5.56 Å². The van der Waals surface area contributed by atoms with Crippen LogP contribution in [0.25, 0.3) is 10.9 Å². The molecule has 0 aliphatic carbocycles. The van der Waals surface area contributed by atoms with E-state index < -0.39 is 0 Å². The van der Waals surface area contributed by atoms with Crippen molar-refractivity contribution in [1.29, 1.82) is 0 Å². The van der Waals surface area contributed by atoms with Gasteiger partial charge in [0.15, 0.2) is 18.5 Å². The molecule has 0 fully saturated rings. The molecule has 0 saturated carbocycles. The molecule has 1 aromatic heterocycles. The number of hydrogen-bond acceptors (Lipinski definition) is 1. The molecule has 0 aliphatic heterocycles. The molecule has 0 saturated heterocycles. The summed E-state index contributed by atoms with van der Waals surface area (Å²) in [6.07, 6.45) is 2.05. The molecule has 98 valence electrons. The van der Waals surface area contributed by atoms with Gasteiger partial charge in [-0.05, 0) is 19.1 Å². The maximum atomic E-state index is 11.5. The number of carbonyl (C=O) groups is 1. The van der Waals surface area contributed by atoms with Gasteiger partial charge in [0.2, 0.25) is 5.52 Å². The third-order valence-corrected chi connectivity index (χ3v) is 3.48. The van der Waals surface area contributed by atoms with Crippen molar-refractivity contribution in [2.75, 3.05) is 0 Å². The van der Waals surface area contributed by atoms with Crippen molar-refractivity contribution in [2.24, 2.45) is 0 Å². The highest BCUT2D eigenvalue weighted by atomic mass is 16.1. The Bertz CT molecular complexity index is 763. The molecule has 2 aromatic carbocycles. The zero-order valence-corrected chi connectivity index (χ0v) is 11.4. The maximum absolute atomic E-state index is 11.5. The smallest absolute Gasteiger partial charge is 0.213 e. The fourth-order valence-corrected chi connectivity index (χ4v) is 2.40. The predicted octanol–water partition coefficient (Wildman–Crippen LogP) is 3.38. The van der Waals surface area contributed by atoms with Crippen LogP contribution in [-0.2, 0) is 6.54 Å². The first-order valence-corrected chi connectivity index (χ1v) is 6.71. The Kier molecular flexibility index (Phi) is 3.30. The van der Waals surface area contributed by atoms with Crippen LogP contribution in [-0.4, -0.2) is 5.78 Å². The monoisotopic (exact) mass is 262 g/mol. The summed E-state index contributed by atoms with van der Waals surface area (Å²) in [5.74, 6) is 0.0991. The molecule has 2 heteroatoms. The molecule has 2 nitrogen and oxygen atoms in total. The number of benzene rings is 2. The topological polar surface area (TPSA) is 20.9 Å². The van der Waals surface area contributed by atoms with Gasteiger partial charge in [-0.1, -0.05) is 36.4 Å². The van der Waals surface area contributed by atoms with E-state index in [4.69, 9.17) is 0 Å². The second kappa shape index (κ2) is 5.25. The van der Waals surface area contributed by atoms with Crippen LogP contribution >= 0.6 is 0 Å². The quantitative estimate of drug-likeness (QED) is 0.523. The van der Waals surface area contributed by atoms with Crippen molar-refractivity contribution < 1.29 is 9.36 Å². The summed E-state index contributed by atoms with van der Waals surface area (Å²) in [6.45, 7) is 2.41. The summed E-state index contributed by atoms with van der Waals surface area (Å²) >= 11 is 0. The van der Waals surface area contributed by atoms with Crippen LogP contribution in [0.15, 0.2) is 66.9 Å². The van der Waals surface area contributed by atoms with Crippen LogP contribution in [0.5, 0.6) is 0 Å². The average molecular weight is 262 g/mol. The molecule has 0 spiro atoms. The molecule has 20 heavy (non-hydrogen) atoms. The molecule has 0 N–H and O–H groups in total. The second-order valence-corrected chi connectivity index (χ2v) is 4.95. The molecule has 1 heterocycles. The molecule has 0 bridgehead atoms. The Labute approximate surface area is 118 Å². The number of Topliss-reactive ketones (excluding diaryl/α,β-unsaturated/α-hetero) is 1. The van der Waals surface area contributed by atoms with Crippen LogP contribution in [0.2, 0.25) is 0 Å². The van der Waals surface area contributed by atoms with Gasteiger partial charge in [0.05, 0.1) is 0 Å². The van der Waals surface area contributed by atoms with Crippen molar-refractivity contribution in [1.82, 2.24) is 0 Å². The van der Waals surface area contributed by atoms with Gasteiger partial charge >= 0.3 is 0 Å². The zero-order valence-electron chi connectivity index (χ0n) is 11.4. The first-order valence-electron chi connectivity index (χ1n) is 6.71. The van der Waals surface area contributed by atoms with Gasteiger partial charge in [0.25, 0.3) is 0 Å². The van der Waals surface area contributed by atoms with E-state index in [0.717, 1.165) is 23.0 Å². The molecule has 3 rings (SSSR count). The number of carbonyl (C=O) groups excluding carboxylic acids is 1. The van der Waals surface area contributed by atoms with E-state index in [9.17, 15) is 4.79 Å². The lowest BCUT2D eigenvalue weighted by Gasteiger charge is -2.03. The summed E-state index contributed by atoms with van der Waals surface area (Å²) in [5.41, 5.74) is 3.09. The molecule has 0 unspecified atom stereocenters. The number of nitrogens with zero attached hydrogens (tertiary/aromatic N) is 1. The van der Waals surface area contributed by atoms with E-state index >= 15 is 0 Å². The van der Waals surface area contributed by atoms with Crippen LogP contribution < -0.4 is 4.57 Å². The highest BCUT2D eigenvalue weighted by Gasteiger charge is 2.11. The van der Waals surface area contributed by atoms with E-state index in [-0.39, 0.29) is 5.78 Å². The number of fused-ring (bicyclic) bond motifs is 1. The highest BCUT2D eigenvalue weighted by molar-refractivity contribution is 5.97. The maximum Gasteiger partial charge on any atom is 0.213 e. The van der Waals surface area contributed by atoms with Crippen molar-refractivity contribution in [3.63, 3.8) is 0 Å². The number of rotatable bonds is 3. The van der Waals surface area contributed by atoms with Crippen molar-refractivity contribution in [3.8, 4) is 0 Å². The molecule has 0 atom stereocenters. The average Bonchev–Trinajstić information content (AvgIpc) is 2.48. The van der Waals surface area contributed by atoms with Gasteiger partial charge in [-0.2, -0.15) is 4.57 Å². The minimum absolute atomic E-state index is 0.0991.